The fourth-order valence-corrected chi connectivity index (χ4v) is 3.52. The number of quaternary nitrogens is 1. The number of hydrogen-bond acceptors (Lipinski definition) is 4. The van der Waals surface area contributed by atoms with Crippen molar-refractivity contribution in [3.8, 4) is 0 Å². The molecule has 1 atom stereocenters. The Hall–Kier alpha value is -2.38. The zero-order valence-corrected chi connectivity index (χ0v) is 16.4. The van der Waals surface area contributed by atoms with Gasteiger partial charge in [-0.1, -0.05) is 6.07 Å². The highest BCUT2D eigenvalue weighted by atomic mass is 32.1. The molecule has 0 saturated carbocycles. The van der Waals surface area contributed by atoms with Gasteiger partial charge in [0.1, 0.15) is 6.54 Å². The number of hydrazine groups is 1. The molecule has 7 heteroatoms. The maximum atomic E-state index is 12.2. The van der Waals surface area contributed by atoms with E-state index in [0.29, 0.717) is 12.1 Å². The summed E-state index contributed by atoms with van der Waals surface area (Å²) < 4.78 is 0. The van der Waals surface area contributed by atoms with Crippen LogP contribution in [0.15, 0.2) is 41.8 Å². The third-order valence-electron chi connectivity index (χ3n) is 4.09. The van der Waals surface area contributed by atoms with Gasteiger partial charge in [-0.25, -0.2) is 0 Å². The van der Waals surface area contributed by atoms with Crippen LogP contribution in [0.5, 0.6) is 0 Å². The maximum Gasteiger partial charge on any atom is 0.293 e. The minimum atomic E-state index is -0.319. The average molecular weight is 376 g/mol. The molecule has 0 spiro atoms. The van der Waals surface area contributed by atoms with Crippen LogP contribution in [0.4, 0.5) is 5.69 Å². The van der Waals surface area contributed by atoms with Crippen molar-refractivity contribution in [2.75, 3.05) is 31.6 Å². The van der Waals surface area contributed by atoms with Gasteiger partial charge in [-0.3, -0.25) is 20.4 Å². The molecule has 6 nitrogen and oxygen atoms in total. The molecular formula is C19H27N4O2S+. The molecule has 1 unspecified atom stereocenters. The zero-order valence-electron chi connectivity index (χ0n) is 15.5. The van der Waals surface area contributed by atoms with E-state index in [4.69, 9.17) is 0 Å². The molecule has 0 saturated heterocycles. The molecule has 1 aromatic carbocycles. The van der Waals surface area contributed by atoms with Crippen LogP contribution >= 0.6 is 11.3 Å². The van der Waals surface area contributed by atoms with Crippen molar-refractivity contribution >= 4 is 28.8 Å². The number of hydrogen-bond donors (Lipinski definition) is 3. The van der Waals surface area contributed by atoms with E-state index < -0.39 is 0 Å². The second-order valence-electron chi connectivity index (χ2n) is 6.11. The van der Waals surface area contributed by atoms with Gasteiger partial charge in [0.05, 0.1) is 11.9 Å². The van der Waals surface area contributed by atoms with Gasteiger partial charge in [-0.2, -0.15) is 0 Å². The number of thiophene rings is 1. The molecule has 0 bridgehead atoms. The largest absolute Gasteiger partial charge is 0.372 e. The van der Waals surface area contributed by atoms with Crippen LogP contribution in [0.2, 0.25) is 0 Å². The van der Waals surface area contributed by atoms with Gasteiger partial charge in [-0.05, 0) is 49.6 Å². The number of benzene rings is 1. The third kappa shape index (κ3) is 5.86. The number of anilines is 1. The lowest BCUT2D eigenvalue weighted by atomic mass is 10.2. The topological polar surface area (TPSA) is 65.9 Å². The predicted molar refractivity (Wildman–Crippen MR) is 105 cm³/mol. The lowest BCUT2D eigenvalue weighted by Crippen LogP contribution is -3.09. The molecule has 2 rings (SSSR count). The number of amides is 2. The van der Waals surface area contributed by atoms with E-state index >= 15 is 0 Å². The molecule has 0 radical (unpaired) electrons. The van der Waals surface area contributed by atoms with Gasteiger partial charge in [-0.15, -0.1) is 11.3 Å². The molecule has 2 aromatic rings. The zero-order chi connectivity index (χ0) is 18.9. The number of rotatable bonds is 8. The molecule has 26 heavy (non-hydrogen) atoms. The Morgan fingerprint density at radius 1 is 1.08 bits per heavy atom. The van der Waals surface area contributed by atoms with Crippen LogP contribution in [-0.4, -0.2) is 38.5 Å². The summed E-state index contributed by atoms with van der Waals surface area (Å²) in [6.07, 6.45) is 0. The quantitative estimate of drug-likeness (QED) is 0.605. The van der Waals surface area contributed by atoms with Gasteiger partial charge in [0.25, 0.3) is 11.8 Å². The fraction of sp³-hybridized carbons (Fsp3) is 0.368. The SMILES string of the molecule is CCN(CC)c1ccc(C(=O)NNC(=O)C[NH+](C)Cc2cccs2)cc1. The molecule has 3 N–H and O–H groups in total. The summed E-state index contributed by atoms with van der Waals surface area (Å²) in [5, 5.41) is 2.02. The minimum absolute atomic E-state index is 0.216. The Kier molecular flexibility index (Phi) is 7.62. The number of nitrogens with one attached hydrogen (secondary N) is 3. The summed E-state index contributed by atoms with van der Waals surface area (Å²) in [5.41, 5.74) is 6.55. The number of likely N-dealkylation sites (N-methyl/N-ethyl adjacent to an activating group) is 1. The lowest BCUT2D eigenvalue weighted by Gasteiger charge is -2.21. The molecule has 0 fully saturated rings. The minimum Gasteiger partial charge on any atom is -0.372 e. The Balaban J connectivity index is 1.79. The summed E-state index contributed by atoms with van der Waals surface area (Å²) in [6.45, 7) is 7.10. The van der Waals surface area contributed by atoms with Crippen LogP contribution in [0.25, 0.3) is 0 Å². The van der Waals surface area contributed by atoms with Gasteiger partial charge in [0, 0.05) is 24.3 Å². The Labute approximate surface area is 158 Å². The molecule has 1 aromatic heterocycles. The molecule has 0 aliphatic rings. The van der Waals surface area contributed by atoms with Crippen molar-refractivity contribution in [3.05, 3.63) is 52.2 Å². The van der Waals surface area contributed by atoms with E-state index in [9.17, 15) is 9.59 Å². The van der Waals surface area contributed by atoms with E-state index in [-0.39, 0.29) is 11.8 Å². The monoisotopic (exact) mass is 375 g/mol. The number of carbonyl (C=O) groups excluding carboxylic acids is 2. The van der Waals surface area contributed by atoms with Crippen LogP contribution in [0.3, 0.4) is 0 Å². The highest BCUT2D eigenvalue weighted by Gasteiger charge is 2.13. The standard InChI is InChI=1S/C19H26N4O2S/c1-4-23(5-2)16-10-8-15(9-11-16)19(25)21-20-18(24)14-22(3)13-17-7-6-12-26-17/h6-12H,4-5,13-14H2,1-3H3,(H,20,24)(H,21,25)/p+1. The van der Waals surface area contributed by atoms with Crippen molar-refractivity contribution in [3.63, 3.8) is 0 Å². The molecular weight excluding hydrogens is 348 g/mol. The Bertz CT molecular complexity index is 697. The first kappa shape index (κ1) is 19.9. The number of nitrogens with zero attached hydrogens (tertiary/aromatic N) is 1. The van der Waals surface area contributed by atoms with E-state index in [1.54, 1.807) is 23.5 Å². The van der Waals surface area contributed by atoms with Crippen molar-refractivity contribution in [1.82, 2.24) is 10.9 Å². The van der Waals surface area contributed by atoms with Gasteiger partial charge >= 0.3 is 0 Å². The smallest absolute Gasteiger partial charge is 0.293 e. The third-order valence-corrected chi connectivity index (χ3v) is 4.97. The van der Waals surface area contributed by atoms with Crippen LogP contribution < -0.4 is 20.7 Å². The first-order valence-electron chi connectivity index (χ1n) is 8.81. The first-order chi connectivity index (χ1) is 12.5. The maximum absolute atomic E-state index is 12.2. The van der Waals surface area contributed by atoms with Crippen molar-refractivity contribution < 1.29 is 14.5 Å². The van der Waals surface area contributed by atoms with Crippen molar-refractivity contribution in [2.24, 2.45) is 0 Å². The van der Waals surface area contributed by atoms with E-state index in [1.807, 2.05) is 30.6 Å². The first-order valence-corrected chi connectivity index (χ1v) is 9.69. The second kappa shape index (κ2) is 9.94. The highest BCUT2D eigenvalue weighted by molar-refractivity contribution is 7.09. The normalized spacial score (nSPS) is 11.7. The summed E-state index contributed by atoms with van der Waals surface area (Å²) in [5.74, 6) is -0.535. The van der Waals surface area contributed by atoms with Crippen molar-refractivity contribution in [2.45, 2.75) is 20.4 Å². The van der Waals surface area contributed by atoms with Crippen LogP contribution in [-0.2, 0) is 11.3 Å². The van der Waals surface area contributed by atoms with Gasteiger partial charge in [0.15, 0.2) is 6.54 Å². The van der Waals surface area contributed by atoms with Crippen molar-refractivity contribution in [1.29, 1.82) is 0 Å². The summed E-state index contributed by atoms with van der Waals surface area (Å²) >= 11 is 1.67. The molecule has 1 heterocycles. The molecule has 0 aliphatic carbocycles. The summed E-state index contributed by atoms with van der Waals surface area (Å²) in [4.78, 5) is 28.6. The lowest BCUT2D eigenvalue weighted by molar-refractivity contribution is -0.885. The average Bonchev–Trinajstić information content (AvgIpc) is 3.14. The van der Waals surface area contributed by atoms with Gasteiger partial charge in [0.2, 0.25) is 0 Å². The Morgan fingerprint density at radius 2 is 1.77 bits per heavy atom. The second-order valence-corrected chi connectivity index (χ2v) is 7.14. The summed E-state index contributed by atoms with van der Waals surface area (Å²) in [7, 11) is 1.95. The van der Waals surface area contributed by atoms with Gasteiger partial charge < -0.3 is 9.80 Å². The van der Waals surface area contributed by atoms with E-state index in [2.05, 4.69) is 35.7 Å². The summed E-state index contributed by atoms with van der Waals surface area (Å²) in [6, 6.07) is 11.4. The Morgan fingerprint density at radius 3 is 2.35 bits per heavy atom. The van der Waals surface area contributed by atoms with Crippen LogP contribution in [0, 0.1) is 0 Å². The van der Waals surface area contributed by atoms with Crippen LogP contribution in [0.1, 0.15) is 29.1 Å². The number of carbonyl (C=O) groups is 2. The molecule has 0 aliphatic heterocycles. The highest BCUT2D eigenvalue weighted by Crippen LogP contribution is 2.14. The van der Waals surface area contributed by atoms with E-state index in [0.717, 1.165) is 30.2 Å². The predicted octanol–water partition coefficient (Wildman–Crippen LogP) is 1.07. The molecule has 2 amide bonds. The van der Waals surface area contributed by atoms with E-state index in [1.165, 1.54) is 4.88 Å². The molecule has 140 valence electrons. The fourth-order valence-electron chi connectivity index (χ4n) is 2.70.